The van der Waals surface area contributed by atoms with E-state index in [1.807, 2.05) is 0 Å². The number of nitro groups is 1. The topological polar surface area (TPSA) is 122 Å². The van der Waals surface area contributed by atoms with E-state index in [2.05, 4.69) is 14.5 Å². The van der Waals surface area contributed by atoms with E-state index in [0.29, 0.717) is 0 Å². The summed E-state index contributed by atoms with van der Waals surface area (Å²) >= 11 is 0. The van der Waals surface area contributed by atoms with E-state index in [1.165, 1.54) is 6.07 Å². The molecule has 0 saturated heterocycles. The van der Waals surface area contributed by atoms with Crippen LogP contribution in [0.1, 0.15) is 20.8 Å². The number of nitro benzene ring substituents is 1. The predicted molar refractivity (Wildman–Crippen MR) is 71.3 cm³/mol. The molecule has 1 aromatic carbocycles. The average Bonchev–Trinajstić information content (AvgIpc) is 3.02. The molecule has 1 aromatic heterocycles. The lowest BCUT2D eigenvalue weighted by Crippen LogP contribution is -2.07. The molecule has 0 bridgehead atoms. The highest BCUT2D eigenvalue weighted by molar-refractivity contribution is 6.01. The van der Waals surface area contributed by atoms with Crippen LogP contribution in [0.25, 0.3) is 11.3 Å². The normalized spacial score (nSPS) is 10.1. The molecule has 22 heavy (non-hydrogen) atoms. The maximum absolute atomic E-state index is 11.8. The Hall–Kier alpha value is -3.23. The minimum Gasteiger partial charge on any atom is -0.465 e. The fraction of sp³-hybridized carbons (Fsp3) is 0.154. The number of hydrogen-bond donors (Lipinski definition) is 0. The van der Waals surface area contributed by atoms with Gasteiger partial charge in [-0.15, -0.1) is 0 Å². The van der Waals surface area contributed by atoms with E-state index >= 15 is 0 Å². The first kappa shape index (κ1) is 15.2. The van der Waals surface area contributed by atoms with Crippen LogP contribution in [0.2, 0.25) is 0 Å². The van der Waals surface area contributed by atoms with E-state index in [-0.39, 0.29) is 28.3 Å². The van der Waals surface area contributed by atoms with Gasteiger partial charge in [0.15, 0.2) is 17.8 Å². The molecular formula is C13H10N2O7. The molecule has 0 amide bonds. The van der Waals surface area contributed by atoms with Crippen molar-refractivity contribution >= 4 is 17.6 Å². The van der Waals surface area contributed by atoms with Crippen LogP contribution in [0.4, 0.5) is 5.69 Å². The van der Waals surface area contributed by atoms with Crippen molar-refractivity contribution in [3.63, 3.8) is 0 Å². The van der Waals surface area contributed by atoms with E-state index in [0.717, 1.165) is 32.7 Å². The molecule has 0 fully saturated rings. The Morgan fingerprint density at radius 2 is 1.91 bits per heavy atom. The van der Waals surface area contributed by atoms with Crippen molar-refractivity contribution in [2.24, 2.45) is 0 Å². The molecule has 9 nitrogen and oxygen atoms in total. The molecule has 0 aliphatic carbocycles. The van der Waals surface area contributed by atoms with Crippen LogP contribution in [0.15, 0.2) is 29.0 Å². The second-order valence-electron chi connectivity index (χ2n) is 4.00. The number of oxazole rings is 1. The first-order valence-electron chi connectivity index (χ1n) is 5.88. The Kier molecular flexibility index (Phi) is 4.16. The third-order valence-electron chi connectivity index (χ3n) is 2.81. The highest BCUT2D eigenvalue weighted by atomic mass is 16.6. The lowest BCUT2D eigenvalue weighted by atomic mass is 10.0. The van der Waals surface area contributed by atoms with E-state index in [4.69, 9.17) is 4.42 Å². The van der Waals surface area contributed by atoms with Crippen molar-refractivity contribution in [2.75, 3.05) is 14.2 Å². The van der Waals surface area contributed by atoms with Crippen molar-refractivity contribution in [1.82, 2.24) is 4.98 Å². The second-order valence-corrected chi connectivity index (χ2v) is 4.00. The van der Waals surface area contributed by atoms with Crippen LogP contribution in [0, 0.1) is 10.1 Å². The number of hydrogen-bond acceptors (Lipinski definition) is 8. The van der Waals surface area contributed by atoms with Crippen molar-refractivity contribution < 1.29 is 28.4 Å². The molecule has 0 radical (unpaired) electrons. The van der Waals surface area contributed by atoms with Gasteiger partial charge in [-0.2, -0.15) is 0 Å². The molecule has 0 spiro atoms. The monoisotopic (exact) mass is 306 g/mol. The number of aromatic nitrogens is 1. The first-order chi connectivity index (χ1) is 10.5. The summed E-state index contributed by atoms with van der Waals surface area (Å²) in [7, 11) is 2.31. The van der Waals surface area contributed by atoms with Gasteiger partial charge in [-0.3, -0.25) is 10.1 Å². The Labute approximate surface area is 123 Å². The van der Waals surface area contributed by atoms with Crippen LogP contribution in [0.3, 0.4) is 0 Å². The number of methoxy groups -OCH3 is 2. The molecule has 2 aromatic rings. The molecule has 0 atom stereocenters. The maximum Gasteiger partial charge on any atom is 0.360 e. The van der Waals surface area contributed by atoms with Gasteiger partial charge in [0.25, 0.3) is 5.69 Å². The van der Waals surface area contributed by atoms with Crippen molar-refractivity contribution in [3.05, 3.63) is 46.0 Å². The Balaban J connectivity index is 2.69. The summed E-state index contributed by atoms with van der Waals surface area (Å²) in [5.41, 5.74) is -0.475. The third kappa shape index (κ3) is 2.64. The number of carbonyl (C=O) groups excluding carboxylic acids is 2. The van der Waals surface area contributed by atoms with Gasteiger partial charge < -0.3 is 13.9 Å². The molecule has 0 aliphatic heterocycles. The zero-order chi connectivity index (χ0) is 16.3. The van der Waals surface area contributed by atoms with E-state index < -0.39 is 16.9 Å². The molecule has 0 aliphatic rings. The van der Waals surface area contributed by atoms with Gasteiger partial charge in [0.1, 0.15) is 0 Å². The SMILES string of the molecule is COC(=O)c1ccc([N+](=O)[O-])cc1-c1ocnc1C(=O)OC. The minimum atomic E-state index is -0.800. The van der Waals surface area contributed by atoms with Crippen LogP contribution < -0.4 is 0 Å². The Morgan fingerprint density at radius 3 is 2.50 bits per heavy atom. The summed E-state index contributed by atoms with van der Waals surface area (Å²) in [6.45, 7) is 0. The van der Waals surface area contributed by atoms with Gasteiger partial charge in [0.05, 0.1) is 24.7 Å². The van der Waals surface area contributed by atoms with Crippen molar-refractivity contribution in [1.29, 1.82) is 0 Å². The number of esters is 2. The molecular weight excluding hydrogens is 296 g/mol. The fourth-order valence-corrected chi connectivity index (χ4v) is 1.80. The third-order valence-corrected chi connectivity index (χ3v) is 2.81. The summed E-state index contributed by atoms with van der Waals surface area (Å²) in [5.74, 6) is -1.65. The van der Waals surface area contributed by atoms with Crippen molar-refractivity contribution in [3.8, 4) is 11.3 Å². The second kappa shape index (κ2) is 6.04. The van der Waals surface area contributed by atoms with Gasteiger partial charge in [0.2, 0.25) is 0 Å². The molecule has 2 rings (SSSR count). The Bertz CT molecular complexity index is 751. The van der Waals surface area contributed by atoms with E-state index in [9.17, 15) is 19.7 Å². The first-order valence-corrected chi connectivity index (χ1v) is 5.88. The Morgan fingerprint density at radius 1 is 1.23 bits per heavy atom. The zero-order valence-corrected chi connectivity index (χ0v) is 11.6. The maximum atomic E-state index is 11.8. The highest BCUT2D eigenvalue weighted by Crippen LogP contribution is 2.31. The molecule has 0 unspecified atom stereocenters. The average molecular weight is 306 g/mol. The molecule has 0 N–H and O–H groups in total. The number of nitrogens with zero attached hydrogens (tertiary/aromatic N) is 2. The lowest BCUT2D eigenvalue weighted by Gasteiger charge is -2.06. The van der Waals surface area contributed by atoms with Crippen molar-refractivity contribution in [2.45, 2.75) is 0 Å². The van der Waals surface area contributed by atoms with Gasteiger partial charge in [-0.05, 0) is 6.07 Å². The van der Waals surface area contributed by atoms with Crippen LogP contribution >= 0.6 is 0 Å². The predicted octanol–water partition coefficient (Wildman–Crippen LogP) is 1.82. The number of carbonyl (C=O) groups is 2. The lowest BCUT2D eigenvalue weighted by molar-refractivity contribution is -0.384. The van der Waals surface area contributed by atoms with Crippen LogP contribution in [-0.2, 0) is 9.47 Å². The zero-order valence-electron chi connectivity index (χ0n) is 11.6. The standard InChI is InChI=1S/C13H10N2O7/c1-20-12(16)8-4-3-7(15(18)19)5-9(8)11-10(13(17)21-2)14-6-22-11/h3-6H,1-2H3. The molecule has 9 heteroatoms. The smallest absolute Gasteiger partial charge is 0.360 e. The summed E-state index contributed by atoms with van der Waals surface area (Å²) in [6.07, 6.45) is 0.974. The largest absolute Gasteiger partial charge is 0.465 e. The summed E-state index contributed by atoms with van der Waals surface area (Å²) in [6, 6.07) is 3.45. The van der Waals surface area contributed by atoms with E-state index in [1.54, 1.807) is 0 Å². The molecule has 1 heterocycles. The van der Waals surface area contributed by atoms with Gasteiger partial charge in [-0.1, -0.05) is 0 Å². The van der Waals surface area contributed by atoms with Gasteiger partial charge >= 0.3 is 11.9 Å². The van der Waals surface area contributed by atoms with Gasteiger partial charge in [0, 0.05) is 17.7 Å². The molecule has 114 valence electrons. The summed E-state index contributed by atoms with van der Waals surface area (Å²) < 4.78 is 14.3. The quantitative estimate of drug-likeness (QED) is 0.476. The number of ether oxygens (including phenoxy) is 2. The van der Waals surface area contributed by atoms with Gasteiger partial charge in [-0.25, -0.2) is 14.6 Å². The fourth-order valence-electron chi connectivity index (χ4n) is 1.80. The van der Waals surface area contributed by atoms with Crippen LogP contribution in [0.5, 0.6) is 0 Å². The summed E-state index contributed by atoms with van der Waals surface area (Å²) in [4.78, 5) is 37.4. The summed E-state index contributed by atoms with van der Waals surface area (Å²) in [5, 5.41) is 10.9. The number of benzene rings is 1. The number of non-ortho nitro benzene ring substituents is 1. The minimum absolute atomic E-state index is 0.00463. The highest BCUT2D eigenvalue weighted by Gasteiger charge is 2.25. The van der Waals surface area contributed by atoms with Crippen LogP contribution in [-0.4, -0.2) is 36.1 Å². The number of rotatable bonds is 4. The molecule has 0 saturated carbocycles.